The Bertz CT molecular complexity index is 647. The number of hydrogen-bond acceptors (Lipinski definition) is 4. The minimum absolute atomic E-state index is 0.0112. The molecule has 0 aliphatic carbocycles. The molecule has 0 aliphatic heterocycles. The molecule has 0 spiro atoms. The summed E-state index contributed by atoms with van der Waals surface area (Å²) in [6.45, 7) is 2.79. The molecule has 5 nitrogen and oxygen atoms in total. The summed E-state index contributed by atoms with van der Waals surface area (Å²) in [7, 11) is 0. The molecule has 6 heteroatoms. The predicted octanol–water partition coefficient (Wildman–Crippen LogP) is 4.81. The van der Waals surface area contributed by atoms with Gasteiger partial charge in [0.25, 0.3) is 5.69 Å². The second-order valence-electron chi connectivity index (χ2n) is 4.43. The van der Waals surface area contributed by atoms with E-state index in [0.717, 1.165) is 16.5 Å². The fraction of sp³-hybridized carbons (Fsp3) is 0.200. The van der Waals surface area contributed by atoms with E-state index >= 15 is 0 Å². The SMILES string of the molecule is CCCNc1cc(Oc2ccccc2I)cc([N+](=O)[O-])c1. The first kappa shape index (κ1) is 15.6. The third kappa shape index (κ3) is 4.32. The van der Waals surface area contributed by atoms with E-state index in [1.807, 2.05) is 31.2 Å². The number of non-ortho nitro benzene ring substituents is 1. The van der Waals surface area contributed by atoms with E-state index in [1.165, 1.54) is 12.1 Å². The van der Waals surface area contributed by atoms with Crippen LogP contribution in [0.4, 0.5) is 11.4 Å². The van der Waals surface area contributed by atoms with E-state index in [2.05, 4.69) is 27.9 Å². The lowest BCUT2D eigenvalue weighted by atomic mass is 10.2. The van der Waals surface area contributed by atoms with Crippen molar-refractivity contribution < 1.29 is 9.66 Å². The van der Waals surface area contributed by atoms with Gasteiger partial charge in [0, 0.05) is 24.4 Å². The molecular weight excluding hydrogens is 383 g/mol. The van der Waals surface area contributed by atoms with Gasteiger partial charge < -0.3 is 10.1 Å². The maximum atomic E-state index is 11.0. The Morgan fingerprint density at radius 3 is 2.71 bits per heavy atom. The highest BCUT2D eigenvalue weighted by Gasteiger charge is 2.12. The van der Waals surface area contributed by atoms with Crippen molar-refractivity contribution in [2.24, 2.45) is 0 Å². The van der Waals surface area contributed by atoms with Gasteiger partial charge in [0.1, 0.15) is 11.5 Å². The van der Waals surface area contributed by atoms with E-state index in [0.29, 0.717) is 17.2 Å². The quantitative estimate of drug-likeness (QED) is 0.431. The first-order valence-corrected chi connectivity index (χ1v) is 7.63. The Morgan fingerprint density at radius 1 is 1.29 bits per heavy atom. The Kier molecular flexibility index (Phi) is 5.38. The summed E-state index contributed by atoms with van der Waals surface area (Å²) in [5.74, 6) is 1.13. The molecule has 0 unspecified atom stereocenters. The van der Waals surface area contributed by atoms with E-state index in [1.54, 1.807) is 6.07 Å². The first-order valence-electron chi connectivity index (χ1n) is 6.56. The Hall–Kier alpha value is -1.83. The van der Waals surface area contributed by atoms with Crippen molar-refractivity contribution in [3.8, 4) is 11.5 Å². The van der Waals surface area contributed by atoms with Crippen LogP contribution in [0.2, 0.25) is 0 Å². The van der Waals surface area contributed by atoms with Gasteiger partial charge >= 0.3 is 0 Å². The van der Waals surface area contributed by atoms with Crippen LogP contribution in [-0.4, -0.2) is 11.5 Å². The number of halogens is 1. The van der Waals surface area contributed by atoms with Crippen molar-refractivity contribution in [3.63, 3.8) is 0 Å². The highest BCUT2D eigenvalue weighted by Crippen LogP contribution is 2.31. The van der Waals surface area contributed by atoms with Crippen LogP contribution >= 0.6 is 22.6 Å². The highest BCUT2D eigenvalue weighted by atomic mass is 127. The third-order valence-corrected chi connectivity index (χ3v) is 3.64. The smallest absolute Gasteiger partial charge is 0.275 e. The van der Waals surface area contributed by atoms with E-state index in [4.69, 9.17) is 4.74 Å². The largest absolute Gasteiger partial charge is 0.456 e. The fourth-order valence-electron chi connectivity index (χ4n) is 1.77. The third-order valence-electron chi connectivity index (χ3n) is 2.75. The topological polar surface area (TPSA) is 64.4 Å². The number of nitrogens with one attached hydrogen (secondary N) is 1. The highest BCUT2D eigenvalue weighted by molar-refractivity contribution is 14.1. The second kappa shape index (κ2) is 7.26. The summed E-state index contributed by atoms with van der Waals surface area (Å²) in [5, 5.41) is 14.2. The number of benzene rings is 2. The zero-order chi connectivity index (χ0) is 15.2. The van der Waals surface area contributed by atoms with Gasteiger partial charge in [0.15, 0.2) is 0 Å². The summed E-state index contributed by atoms with van der Waals surface area (Å²) in [6.07, 6.45) is 0.940. The Labute approximate surface area is 136 Å². The van der Waals surface area contributed by atoms with Crippen molar-refractivity contribution in [3.05, 3.63) is 56.1 Å². The lowest BCUT2D eigenvalue weighted by Gasteiger charge is -2.10. The average molecular weight is 398 g/mol. The van der Waals surface area contributed by atoms with Crippen LogP contribution in [0.15, 0.2) is 42.5 Å². The summed E-state index contributed by atoms with van der Waals surface area (Å²) in [6, 6.07) is 12.2. The Morgan fingerprint density at radius 2 is 2.05 bits per heavy atom. The maximum Gasteiger partial charge on any atom is 0.275 e. The van der Waals surface area contributed by atoms with Crippen LogP contribution in [0.25, 0.3) is 0 Å². The van der Waals surface area contributed by atoms with Gasteiger partial charge in [0.05, 0.1) is 14.6 Å². The number of ether oxygens (including phenoxy) is 1. The van der Waals surface area contributed by atoms with E-state index in [9.17, 15) is 10.1 Å². The maximum absolute atomic E-state index is 11.0. The molecule has 0 radical (unpaired) electrons. The molecule has 2 rings (SSSR count). The average Bonchev–Trinajstić information content (AvgIpc) is 2.47. The molecule has 0 aromatic heterocycles. The van der Waals surface area contributed by atoms with Crippen LogP contribution in [0, 0.1) is 13.7 Å². The van der Waals surface area contributed by atoms with Crippen LogP contribution in [-0.2, 0) is 0 Å². The van der Waals surface area contributed by atoms with Gasteiger partial charge in [-0.15, -0.1) is 0 Å². The molecule has 0 saturated heterocycles. The molecular formula is C15H15IN2O3. The lowest BCUT2D eigenvalue weighted by molar-refractivity contribution is -0.384. The van der Waals surface area contributed by atoms with E-state index in [-0.39, 0.29) is 5.69 Å². The number of anilines is 1. The molecule has 0 fully saturated rings. The minimum Gasteiger partial charge on any atom is -0.456 e. The number of nitro groups is 1. The standard InChI is InChI=1S/C15H15IN2O3/c1-2-7-17-11-8-12(18(19)20)10-13(9-11)21-15-6-4-3-5-14(15)16/h3-6,8-10,17H,2,7H2,1H3. The number of para-hydroxylation sites is 1. The molecule has 0 saturated carbocycles. The van der Waals surface area contributed by atoms with Crippen molar-refractivity contribution in [2.75, 3.05) is 11.9 Å². The van der Waals surface area contributed by atoms with E-state index < -0.39 is 4.92 Å². The zero-order valence-corrected chi connectivity index (χ0v) is 13.7. The summed E-state index contributed by atoms with van der Waals surface area (Å²) < 4.78 is 6.72. The summed E-state index contributed by atoms with van der Waals surface area (Å²) in [4.78, 5) is 10.6. The zero-order valence-electron chi connectivity index (χ0n) is 11.5. The van der Waals surface area contributed by atoms with Gasteiger partial charge in [-0.1, -0.05) is 19.1 Å². The molecule has 0 atom stereocenters. The van der Waals surface area contributed by atoms with Gasteiger partial charge in [0.2, 0.25) is 0 Å². The van der Waals surface area contributed by atoms with Crippen LogP contribution < -0.4 is 10.1 Å². The van der Waals surface area contributed by atoms with Crippen LogP contribution in [0.5, 0.6) is 11.5 Å². The molecule has 0 aliphatic rings. The normalized spacial score (nSPS) is 10.2. The van der Waals surface area contributed by atoms with Crippen molar-refractivity contribution >= 4 is 34.0 Å². The lowest BCUT2D eigenvalue weighted by Crippen LogP contribution is -2.01. The van der Waals surface area contributed by atoms with Gasteiger partial charge in [-0.2, -0.15) is 0 Å². The van der Waals surface area contributed by atoms with Crippen LogP contribution in [0.1, 0.15) is 13.3 Å². The molecule has 0 heterocycles. The fourth-order valence-corrected chi connectivity index (χ4v) is 2.27. The van der Waals surface area contributed by atoms with Crippen molar-refractivity contribution in [1.29, 1.82) is 0 Å². The summed E-state index contributed by atoms with van der Waals surface area (Å²) >= 11 is 2.17. The number of nitrogens with zero attached hydrogens (tertiary/aromatic N) is 1. The molecule has 2 aromatic carbocycles. The first-order chi connectivity index (χ1) is 10.1. The van der Waals surface area contributed by atoms with Gasteiger partial charge in [-0.25, -0.2) is 0 Å². The van der Waals surface area contributed by atoms with Gasteiger partial charge in [-0.05, 0) is 41.1 Å². The molecule has 2 aromatic rings. The minimum atomic E-state index is -0.417. The van der Waals surface area contributed by atoms with Gasteiger partial charge in [-0.3, -0.25) is 10.1 Å². The molecule has 0 amide bonds. The second-order valence-corrected chi connectivity index (χ2v) is 5.59. The number of hydrogen-bond donors (Lipinski definition) is 1. The molecule has 0 bridgehead atoms. The Balaban J connectivity index is 2.31. The molecule has 110 valence electrons. The van der Waals surface area contributed by atoms with Crippen molar-refractivity contribution in [2.45, 2.75) is 13.3 Å². The number of nitro benzene ring substituents is 1. The summed E-state index contributed by atoms with van der Waals surface area (Å²) in [5.41, 5.74) is 0.698. The predicted molar refractivity (Wildman–Crippen MR) is 91.1 cm³/mol. The molecule has 21 heavy (non-hydrogen) atoms. The number of rotatable bonds is 6. The molecule has 1 N–H and O–H groups in total. The monoisotopic (exact) mass is 398 g/mol. The van der Waals surface area contributed by atoms with Crippen LogP contribution in [0.3, 0.4) is 0 Å². The van der Waals surface area contributed by atoms with Crippen molar-refractivity contribution in [1.82, 2.24) is 0 Å².